The Morgan fingerprint density at radius 2 is 1.50 bits per heavy atom. The van der Waals surface area contributed by atoms with Crippen molar-refractivity contribution >= 4 is 23.0 Å². The number of fused-ring (bicyclic) bond motifs is 1. The SMILES string of the molecule is CCCCc1cc2cc(C(=O)N(CC)C/C(N)=N/N=N)ccn2c1C(=O)c1ccc(CCCN(CCCC)CCCC)cc1. The van der Waals surface area contributed by atoms with E-state index < -0.39 is 0 Å². The number of ketones is 1. The summed E-state index contributed by atoms with van der Waals surface area (Å²) in [5.41, 5.74) is 17.6. The third-order valence-electron chi connectivity index (χ3n) is 8.13. The van der Waals surface area contributed by atoms with Crippen LogP contribution in [-0.2, 0) is 12.8 Å². The molecule has 3 N–H and O–H groups in total. The molecule has 0 aliphatic heterocycles. The maximum atomic E-state index is 13.9. The number of benzene rings is 1. The van der Waals surface area contributed by atoms with Crippen molar-refractivity contribution in [2.75, 3.05) is 32.7 Å². The number of hydrogen-bond acceptors (Lipinski definition) is 5. The van der Waals surface area contributed by atoms with E-state index in [0.717, 1.165) is 49.7 Å². The van der Waals surface area contributed by atoms with Crippen LogP contribution in [0.1, 0.15) is 110 Å². The van der Waals surface area contributed by atoms with Gasteiger partial charge in [-0.2, -0.15) is 5.53 Å². The lowest BCUT2D eigenvalue weighted by Gasteiger charge is -2.21. The van der Waals surface area contributed by atoms with Crippen LogP contribution in [0.3, 0.4) is 0 Å². The van der Waals surface area contributed by atoms with Gasteiger partial charge in [0.2, 0.25) is 5.78 Å². The van der Waals surface area contributed by atoms with Gasteiger partial charge in [-0.3, -0.25) is 9.59 Å². The van der Waals surface area contributed by atoms with Crippen LogP contribution in [0.2, 0.25) is 0 Å². The first-order chi connectivity index (χ1) is 21.4. The van der Waals surface area contributed by atoms with Gasteiger partial charge in [-0.1, -0.05) is 69.5 Å². The van der Waals surface area contributed by atoms with Gasteiger partial charge in [-0.15, -0.1) is 5.10 Å². The molecular weight excluding hydrogens is 550 g/mol. The van der Waals surface area contributed by atoms with Gasteiger partial charge < -0.3 is 19.9 Å². The molecule has 2 aromatic heterocycles. The van der Waals surface area contributed by atoms with E-state index in [4.69, 9.17) is 11.3 Å². The second-order valence-electron chi connectivity index (χ2n) is 11.5. The number of nitrogens with two attached hydrogens (primary N) is 1. The Balaban J connectivity index is 1.79. The summed E-state index contributed by atoms with van der Waals surface area (Å²) in [6.07, 6.45) is 11.7. The Bertz CT molecular complexity index is 1390. The van der Waals surface area contributed by atoms with Crippen molar-refractivity contribution in [1.82, 2.24) is 14.2 Å². The van der Waals surface area contributed by atoms with Gasteiger partial charge in [0.25, 0.3) is 5.91 Å². The predicted molar refractivity (Wildman–Crippen MR) is 179 cm³/mol. The van der Waals surface area contributed by atoms with Gasteiger partial charge >= 0.3 is 0 Å². The number of amidine groups is 1. The van der Waals surface area contributed by atoms with E-state index in [1.165, 1.54) is 44.3 Å². The summed E-state index contributed by atoms with van der Waals surface area (Å²) in [6, 6.07) is 13.7. The molecular formula is C35H51N7O2. The fraction of sp³-hybridized carbons (Fsp3) is 0.514. The molecule has 0 radical (unpaired) electrons. The van der Waals surface area contributed by atoms with Crippen molar-refractivity contribution in [3.8, 4) is 0 Å². The largest absolute Gasteiger partial charge is 0.384 e. The van der Waals surface area contributed by atoms with E-state index >= 15 is 0 Å². The van der Waals surface area contributed by atoms with E-state index in [2.05, 4.69) is 48.1 Å². The van der Waals surface area contributed by atoms with E-state index in [1.807, 2.05) is 41.8 Å². The second-order valence-corrected chi connectivity index (χ2v) is 11.5. The zero-order valence-electron chi connectivity index (χ0n) is 27.1. The first kappa shape index (κ1) is 34.6. The molecule has 2 heterocycles. The molecule has 1 amide bonds. The highest BCUT2D eigenvalue weighted by atomic mass is 16.2. The zero-order chi connectivity index (χ0) is 31.9. The van der Waals surface area contributed by atoms with Crippen LogP contribution in [0.5, 0.6) is 0 Å². The number of pyridine rings is 1. The maximum absolute atomic E-state index is 13.9. The molecule has 0 atom stereocenters. The Morgan fingerprint density at radius 1 is 0.841 bits per heavy atom. The lowest BCUT2D eigenvalue weighted by atomic mass is 10.00. The number of rotatable bonds is 20. The van der Waals surface area contributed by atoms with Crippen LogP contribution in [0, 0.1) is 5.53 Å². The normalized spacial score (nSPS) is 11.8. The number of hydrogen-bond donors (Lipinski definition) is 2. The average Bonchev–Trinajstić information content (AvgIpc) is 3.40. The van der Waals surface area contributed by atoms with Gasteiger partial charge in [0.1, 0.15) is 5.84 Å². The quantitative estimate of drug-likeness (QED) is 0.0471. The van der Waals surface area contributed by atoms with Crippen LogP contribution in [0.15, 0.2) is 59.0 Å². The molecule has 0 aliphatic carbocycles. The predicted octanol–water partition coefficient (Wildman–Crippen LogP) is 7.11. The fourth-order valence-corrected chi connectivity index (χ4v) is 5.55. The lowest BCUT2D eigenvalue weighted by Crippen LogP contribution is -2.38. The number of amides is 1. The summed E-state index contributed by atoms with van der Waals surface area (Å²) < 4.78 is 1.91. The van der Waals surface area contributed by atoms with Gasteiger partial charge in [0.15, 0.2) is 0 Å². The highest BCUT2D eigenvalue weighted by Gasteiger charge is 2.21. The zero-order valence-corrected chi connectivity index (χ0v) is 27.1. The third-order valence-corrected chi connectivity index (χ3v) is 8.13. The van der Waals surface area contributed by atoms with Gasteiger partial charge in [-0.25, -0.2) is 0 Å². The molecule has 3 aromatic rings. The van der Waals surface area contributed by atoms with Gasteiger partial charge in [-0.05, 0) is 94.4 Å². The first-order valence-electron chi connectivity index (χ1n) is 16.3. The van der Waals surface area contributed by atoms with E-state index in [1.54, 1.807) is 11.0 Å². The van der Waals surface area contributed by atoms with E-state index in [0.29, 0.717) is 23.4 Å². The number of unbranched alkanes of at least 4 members (excludes halogenated alkanes) is 3. The molecule has 0 aliphatic rings. The Hall–Kier alpha value is -3.85. The van der Waals surface area contributed by atoms with Crippen LogP contribution < -0.4 is 5.73 Å². The number of aryl methyl sites for hydroxylation is 2. The molecule has 9 nitrogen and oxygen atoms in total. The van der Waals surface area contributed by atoms with Crippen molar-refractivity contribution in [2.45, 2.75) is 85.5 Å². The Kier molecular flexibility index (Phi) is 14.2. The standard InChI is InChI=1S/C35H51N7O2/c1-5-9-14-29-24-31-25-30(35(44)41(8-4)26-32(36)38-39-37)19-23-42(31)33(29)34(43)28-17-15-27(16-18-28)13-12-22-40(20-10-6-2)21-11-7-3/h15-19,23-25H,5-14,20-22,26H2,1-4H3,(H3,36,37,38). The van der Waals surface area contributed by atoms with Crippen LogP contribution in [0.25, 0.3) is 5.52 Å². The molecule has 0 saturated carbocycles. The maximum Gasteiger partial charge on any atom is 0.254 e. The molecule has 0 spiro atoms. The van der Waals surface area contributed by atoms with E-state index in [-0.39, 0.29) is 24.1 Å². The molecule has 0 saturated heterocycles. The van der Waals surface area contributed by atoms with Gasteiger partial charge in [0, 0.05) is 29.4 Å². The molecule has 0 fully saturated rings. The minimum Gasteiger partial charge on any atom is -0.384 e. The number of nitrogens with zero attached hydrogens (tertiary/aromatic N) is 5. The first-order valence-corrected chi connectivity index (χ1v) is 16.3. The lowest BCUT2D eigenvalue weighted by molar-refractivity contribution is 0.0787. The Labute approximate surface area is 263 Å². The summed E-state index contributed by atoms with van der Waals surface area (Å²) in [4.78, 5) is 31.3. The summed E-state index contributed by atoms with van der Waals surface area (Å²) >= 11 is 0. The highest BCUT2D eigenvalue weighted by molar-refractivity contribution is 6.10. The molecule has 0 bridgehead atoms. The number of carbonyl (C=O) groups excluding carboxylic acids is 2. The smallest absolute Gasteiger partial charge is 0.254 e. The van der Waals surface area contributed by atoms with Crippen LogP contribution >= 0.6 is 0 Å². The Morgan fingerprint density at radius 3 is 2.11 bits per heavy atom. The molecule has 1 aromatic carbocycles. The number of nitrogens with one attached hydrogen (secondary N) is 1. The average molecular weight is 602 g/mol. The van der Waals surface area contributed by atoms with Crippen molar-refractivity contribution in [3.05, 3.63) is 76.6 Å². The molecule has 3 rings (SSSR count). The van der Waals surface area contributed by atoms with Crippen LogP contribution in [-0.4, -0.2) is 64.5 Å². The molecule has 238 valence electrons. The number of carbonyl (C=O) groups is 2. The minimum absolute atomic E-state index is 0.00894. The number of likely N-dealkylation sites (N-methyl/N-ethyl adjacent to an activating group) is 1. The van der Waals surface area contributed by atoms with Crippen molar-refractivity contribution in [2.24, 2.45) is 16.1 Å². The fourth-order valence-electron chi connectivity index (χ4n) is 5.55. The molecule has 9 heteroatoms. The molecule has 44 heavy (non-hydrogen) atoms. The van der Waals surface area contributed by atoms with Gasteiger partial charge in [0.05, 0.1) is 12.2 Å². The van der Waals surface area contributed by atoms with Crippen molar-refractivity contribution in [1.29, 1.82) is 5.53 Å². The number of aromatic nitrogens is 1. The second kappa shape index (κ2) is 18.1. The monoisotopic (exact) mass is 601 g/mol. The highest BCUT2D eigenvalue weighted by Crippen LogP contribution is 2.24. The van der Waals surface area contributed by atoms with Crippen molar-refractivity contribution in [3.63, 3.8) is 0 Å². The summed E-state index contributed by atoms with van der Waals surface area (Å²) in [5, 5.41) is 6.48. The van der Waals surface area contributed by atoms with Crippen molar-refractivity contribution < 1.29 is 9.59 Å². The van der Waals surface area contributed by atoms with E-state index in [9.17, 15) is 9.59 Å². The third kappa shape index (κ3) is 9.58. The summed E-state index contributed by atoms with van der Waals surface area (Å²) in [6.45, 7) is 12.5. The topological polar surface area (TPSA) is 120 Å². The molecule has 0 unspecified atom stereocenters. The summed E-state index contributed by atoms with van der Waals surface area (Å²) in [7, 11) is 0. The van der Waals surface area contributed by atoms with Crippen LogP contribution in [0.4, 0.5) is 0 Å². The summed E-state index contributed by atoms with van der Waals surface area (Å²) in [5.74, 6) is -0.109. The minimum atomic E-state index is -0.197.